The Kier molecular flexibility index (Phi) is 7.01. The highest BCUT2D eigenvalue weighted by Crippen LogP contribution is 2.15. The normalized spacial score (nSPS) is 18.6. The second-order valence-corrected chi connectivity index (χ2v) is 7.62. The predicted octanol–water partition coefficient (Wildman–Crippen LogP) is 1.23. The van der Waals surface area contributed by atoms with Gasteiger partial charge in [0, 0.05) is 37.3 Å². The van der Waals surface area contributed by atoms with Gasteiger partial charge in [0.2, 0.25) is 10.0 Å². The fourth-order valence-electron chi connectivity index (χ4n) is 2.47. The van der Waals surface area contributed by atoms with Gasteiger partial charge in [0.15, 0.2) is 0 Å². The number of carbonyl (C=O) groups excluding carboxylic acids is 1. The molecular formula is C15H24ClN3O3S. The Morgan fingerprint density at radius 2 is 2.09 bits per heavy atom. The third-order valence-electron chi connectivity index (χ3n) is 3.44. The Bertz CT molecular complexity index is 649. The van der Waals surface area contributed by atoms with E-state index in [-0.39, 0.29) is 35.3 Å². The molecule has 2 N–H and O–H groups in total. The molecule has 1 aliphatic rings. The number of nitrogens with one attached hydrogen (secondary N) is 2. The molecule has 130 valence electrons. The van der Waals surface area contributed by atoms with Gasteiger partial charge in [-0.05, 0) is 39.0 Å². The average Bonchev–Trinajstić information content (AvgIpc) is 2.45. The molecule has 2 rings (SSSR count). The first-order valence-corrected chi connectivity index (χ1v) is 8.93. The molecule has 1 unspecified atom stereocenters. The van der Waals surface area contributed by atoms with Crippen LogP contribution in [0.4, 0.5) is 0 Å². The molecule has 0 aromatic heterocycles. The molecule has 0 bridgehead atoms. The zero-order valence-electron chi connectivity index (χ0n) is 13.6. The number of piperazine rings is 1. The topological polar surface area (TPSA) is 78.5 Å². The van der Waals surface area contributed by atoms with Crippen molar-refractivity contribution in [1.29, 1.82) is 0 Å². The van der Waals surface area contributed by atoms with Crippen molar-refractivity contribution in [2.75, 3.05) is 19.6 Å². The highest BCUT2D eigenvalue weighted by atomic mass is 35.5. The Morgan fingerprint density at radius 3 is 2.70 bits per heavy atom. The molecule has 0 radical (unpaired) electrons. The standard InChI is InChI=1S/C15H23N3O3S.ClH/c1-11(2)17-22(20,21)14-6-4-5-13(9-14)15(19)18-8-7-16-12(3)10-18;/h4-6,9,11-12,16-17H,7-8,10H2,1-3H3;1H. The lowest BCUT2D eigenvalue weighted by Gasteiger charge is -2.32. The summed E-state index contributed by atoms with van der Waals surface area (Å²) >= 11 is 0. The summed E-state index contributed by atoms with van der Waals surface area (Å²) < 4.78 is 26.9. The van der Waals surface area contributed by atoms with Gasteiger partial charge in [-0.25, -0.2) is 13.1 Å². The van der Waals surface area contributed by atoms with Crippen molar-refractivity contribution in [3.63, 3.8) is 0 Å². The molecule has 0 saturated carbocycles. The van der Waals surface area contributed by atoms with Gasteiger partial charge in [0.1, 0.15) is 0 Å². The molecule has 1 aromatic carbocycles. The van der Waals surface area contributed by atoms with Gasteiger partial charge >= 0.3 is 0 Å². The number of nitrogens with zero attached hydrogens (tertiary/aromatic N) is 1. The molecule has 1 aliphatic heterocycles. The molecule has 1 fully saturated rings. The summed E-state index contributed by atoms with van der Waals surface area (Å²) in [6.45, 7) is 7.54. The van der Waals surface area contributed by atoms with E-state index >= 15 is 0 Å². The van der Waals surface area contributed by atoms with Crippen LogP contribution in [0.15, 0.2) is 29.2 Å². The number of hydrogen-bond donors (Lipinski definition) is 2. The maximum Gasteiger partial charge on any atom is 0.253 e. The Balaban J connectivity index is 0.00000264. The molecular weight excluding hydrogens is 338 g/mol. The van der Waals surface area contributed by atoms with Gasteiger partial charge in [-0.1, -0.05) is 6.07 Å². The monoisotopic (exact) mass is 361 g/mol. The fraction of sp³-hybridized carbons (Fsp3) is 0.533. The largest absolute Gasteiger partial charge is 0.336 e. The maximum atomic E-state index is 12.5. The quantitative estimate of drug-likeness (QED) is 0.845. The zero-order valence-corrected chi connectivity index (χ0v) is 15.2. The van der Waals surface area contributed by atoms with Gasteiger partial charge in [-0.2, -0.15) is 0 Å². The molecule has 0 aliphatic carbocycles. The zero-order chi connectivity index (χ0) is 16.3. The van der Waals surface area contributed by atoms with Gasteiger partial charge in [0.25, 0.3) is 5.91 Å². The summed E-state index contributed by atoms with van der Waals surface area (Å²) in [7, 11) is -3.59. The van der Waals surface area contributed by atoms with Gasteiger partial charge in [-0.3, -0.25) is 4.79 Å². The molecule has 1 amide bonds. The molecule has 6 nitrogen and oxygen atoms in total. The van der Waals surface area contributed by atoms with Crippen LogP contribution in [0, 0.1) is 0 Å². The number of benzene rings is 1. The fourth-order valence-corrected chi connectivity index (χ4v) is 3.77. The lowest BCUT2D eigenvalue weighted by molar-refractivity contribution is 0.0709. The number of carbonyl (C=O) groups is 1. The van der Waals surface area contributed by atoms with Gasteiger partial charge in [-0.15, -0.1) is 12.4 Å². The van der Waals surface area contributed by atoms with E-state index in [1.807, 2.05) is 6.92 Å². The van der Waals surface area contributed by atoms with E-state index in [0.717, 1.165) is 6.54 Å². The highest BCUT2D eigenvalue weighted by molar-refractivity contribution is 7.89. The molecule has 23 heavy (non-hydrogen) atoms. The lowest BCUT2D eigenvalue weighted by Crippen LogP contribution is -2.51. The van der Waals surface area contributed by atoms with Crippen LogP contribution in [0.3, 0.4) is 0 Å². The summed E-state index contributed by atoms with van der Waals surface area (Å²) in [5, 5.41) is 3.28. The first-order valence-electron chi connectivity index (χ1n) is 7.44. The lowest BCUT2D eigenvalue weighted by atomic mass is 10.1. The summed E-state index contributed by atoms with van der Waals surface area (Å²) in [6, 6.07) is 6.25. The SMILES string of the molecule is CC(C)NS(=O)(=O)c1cccc(C(=O)N2CCNC(C)C2)c1.Cl. The third-order valence-corrected chi connectivity index (χ3v) is 5.09. The minimum Gasteiger partial charge on any atom is -0.336 e. The van der Waals surface area contributed by atoms with Crippen molar-refractivity contribution >= 4 is 28.3 Å². The van der Waals surface area contributed by atoms with Crippen LogP contribution in [-0.2, 0) is 10.0 Å². The second kappa shape index (κ2) is 8.10. The smallest absolute Gasteiger partial charge is 0.253 e. The molecule has 1 aromatic rings. The molecule has 1 saturated heterocycles. The molecule has 1 heterocycles. The van der Waals surface area contributed by atoms with E-state index in [0.29, 0.717) is 18.7 Å². The summed E-state index contributed by atoms with van der Waals surface area (Å²) in [5.41, 5.74) is 0.403. The van der Waals surface area contributed by atoms with E-state index in [4.69, 9.17) is 0 Å². The summed E-state index contributed by atoms with van der Waals surface area (Å²) in [4.78, 5) is 14.4. The predicted molar refractivity (Wildman–Crippen MR) is 92.5 cm³/mol. The van der Waals surface area contributed by atoms with Crippen LogP contribution in [-0.4, -0.2) is 50.9 Å². The highest BCUT2D eigenvalue weighted by Gasteiger charge is 2.23. The molecule has 8 heteroatoms. The molecule has 0 spiro atoms. The van der Waals surface area contributed by atoms with Crippen LogP contribution in [0.1, 0.15) is 31.1 Å². The van der Waals surface area contributed by atoms with E-state index < -0.39 is 10.0 Å². The molecule has 1 atom stereocenters. The number of halogens is 1. The van der Waals surface area contributed by atoms with E-state index in [1.54, 1.807) is 30.9 Å². The number of hydrogen-bond acceptors (Lipinski definition) is 4. The first-order chi connectivity index (χ1) is 10.3. The van der Waals surface area contributed by atoms with E-state index in [1.165, 1.54) is 12.1 Å². The van der Waals surface area contributed by atoms with Crippen molar-refractivity contribution in [3.05, 3.63) is 29.8 Å². The summed E-state index contributed by atoms with van der Waals surface area (Å²) in [5.74, 6) is -0.130. The van der Waals surface area contributed by atoms with E-state index in [9.17, 15) is 13.2 Å². The third kappa shape index (κ3) is 5.17. The Morgan fingerprint density at radius 1 is 1.39 bits per heavy atom. The van der Waals surface area contributed by atoms with E-state index in [2.05, 4.69) is 10.0 Å². The van der Waals surface area contributed by atoms with Crippen LogP contribution >= 0.6 is 12.4 Å². The van der Waals surface area contributed by atoms with Gasteiger partial charge < -0.3 is 10.2 Å². The van der Waals surface area contributed by atoms with Crippen molar-refractivity contribution in [2.24, 2.45) is 0 Å². The minimum absolute atomic E-state index is 0. The minimum atomic E-state index is -3.59. The Labute approximate surface area is 144 Å². The first kappa shape index (κ1) is 19.9. The van der Waals surface area contributed by atoms with Crippen LogP contribution in [0.2, 0.25) is 0 Å². The van der Waals surface area contributed by atoms with Gasteiger partial charge in [0.05, 0.1) is 4.90 Å². The van der Waals surface area contributed by atoms with Crippen molar-refractivity contribution < 1.29 is 13.2 Å². The van der Waals surface area contributed by atoms with Crippen molar-refractivity contribution in [3.8, 4) is 0 Å². The van der Waals surface area contributed by atoms with Crippen LogP contribution < -0.4 is 10.0 Å². The Hall–Kier alpha value is -1.15. The number of sulfonamides is 1. The number of rotatable bonds is 4. The van der Waals surface area contributed by atoms with Crippen LogP contribution in [0.25, 0.3) is 0 Å². The average molecular weight is 362 g/mol. The summed E-state index contributed by atoms with van der Waals surface area (Å²) in [6.07, 6.45) is 0. The van der Waals surface area contributed by atoms with Crippen molar-refractivity contribution in [2.45, 2.75) is 37.8 Å². The second-order valence-electron chi connectivity index (χ2n) is 5.91. The maximum absolute atomic E-state index is 12.5. The van der Waals surface area contributed by atoms with Crippen LogP contribution in [0.5, 0.6) is 0 Å². The van der Waals surface area contributed by atoms with Crippen molar-refractivity contribution in [1.82, 2.24) is 14.9 Å². The number of amides is 1.